The number of hydrogen-bond acceptors (Lipinski definition) is 1. The Bertz CT molecular complexity index is 1670. The number of hydrogen-bond donors (Lipinski definition) is 0. The summed E-state index contributed by atoms with van der Waals surface area (Å²) in [5.74, 6) is 0.390. The van der Waals surface area contributed by atoms with Gasteiger partial charge in [0.1, 0.15) is 24.0 Å². The van der Waals surface area contributed by atoms with Gasteiger partial charge >= 0.3 is 0 Å². The maximum Gasteiger partial charge on any atom is 0.216 e. The smallest absolute Gasteiger partial charge is 0.216 e. The molecule has 0 fully saturated rings. The van der Waals surface area contributed by atoms with E-state index < -0.39 is 8.07 Å². The number of halogens is 1. The van der Waals surface area contributed by atoms with Crippen LogP contribution in [-0.2, 0) is 13.5 Å². The number of aryl methyl sites for hydroxylation is 3. The van der Waals surface area contributed by atoms with Gasteiger partial charge in [0.05, 0.1) is 13.6 Å². The second kappa shape index (κ2) is 8.55. The van der Waals surface area contributed by atoms with Crippen molar-refractivity contribution in [2.24, 2.45) is 13.0 Å². The molecule has 186 valence electrons. The van der Waals surface area contributed by atoms with Gasteiger partial charge in [-0.15, -0.1) is 0 Å². The summed E-state index contributed by atoms with van der Waals surface area (Å²) in [7, 11) is 0.474. The lowest BCUT2D eigenvalue weighted by molar-refractivity contribution is -0.633. The number of pyridine rings is 1. The first-order valence-electron chi connectivity index (χ1n) is 13.0. The van der Waals surface area contributed by atoms with Crippen LogP contribution in [-0.4, -0.2) is 8.07 Å². The highest BCUT2D eigenvalue weighted by Crippen LogP contribution is 2.40. The molecule has 0 bridgehead atoms. The molecule has 0 spiro atoms. The van der Waals surface area contributed by atoms with Crippen LogP contribution in [0.5, 0.6) is 0 Å². The first kappa shape index (κ1) is 24.7. The fraction of sp³-hybridized carbons (Fsp3) is 0.344. The van der Waals surface area contributed by atoms with Gasteiger partial charge in [-0.25, -0.2) is 4.39 Å². The van der Waals surface area contributed by atoms with Gasteiger partial charge in [-0.2, -0.15) is 4.57 Å². The molecule has 36 heavy (non-hydrogen) atoms. The van der Waals surface area contributed by atoms with Crippen LogP contribution in [0.15, 0.2) is 46.9 Å². The van der Waals surface area contributed by atoms with Crippen LogP contribution >= 0.6 is 0 Å². The Morgan fingerprint density at radius 1 is 0.861 bits per heavy atom. The lowest BCUT2D eigenvalue weighted by atomic mass is 9.95. The third kappa shape index (κ3) is 3.87. The lowest BCUT2D eigenvalue weighted by Crippen LogP contribution is -2.43. The molecule has 2 aromatic heterocycles. The van der Waals surface area contributed by atoms with Crippen LogP contribution in [0.3, 0.4) is 0 Å². The highest BCUT2D eigenvalue weighted by atomic mass is 28.3. The van der Waals surface area contributed by atoms with Crippen molar-refractivity contribution in [2.45, 2.75) is 60.7 Å². The minimum atomic E-state index is -1.69. The molecule has 0 unspecified atom stereocenters. The molecule has 0 aliphatic heterocycles. The largest absolute Gasteiger partial charge is 0.455 e. The molecule has 0 radical (unpaired) electrons. The average molecular weight is 499 g/mol. The predicted octanol–water partition coefficient (Wildman–Crippen LogP) is 8.04. The molecule has 0 saturated carbocycles. The normalized spacial score (nSPS) is 12.5. The minimum Gasteiger partial charge on any atom is -0.455 e. The zero-order valence-corrected chi connectivity index (χ0v) is 24.1. The van der Waals surface area contributed by atoms with Crippen molar-refractivity contribution in [1.29, 1.82) is 0 Å². The van der Waals surface area contributed by atoms with Crippen molar-refractivity contribution >= 4 is 46.1 Å². The van der Waals surface area contributed by atoms with E-state index in [9.17, 15) is 4.39 Å². The molecule has 0 saturated heterocycles. The summed E-state index contributed by atoms with van der Waals surface area (Å²) in [6, 6.07) is 15.0. The van der Waals surface area contributed by atoms with E-state index in [2.05, 4.69) is 89.3 Å². The van der Waals surface area contributed by atoms with Crippen LogP contribution in [0.1, 0.15) is 36.1 Å². The molecular formula is C32H37FNOSi+. The van der Waals surface area contributed by atoms with Gasteiger partial charge < -0.3 is 4.42 Å². The average Bonchev–Trinajstić information content (AvgIpc) is 3.15. The highest BCUT2D eigenvalue weighted by Gasteiger charge is 2.29. The van der Waals surface area contributed by atoms with Gasteiger partial charge in [0.15, 0.2) is 0 Å². The van der Waals surface area contributed by atoms with Gasteiger partial charge in [-0.1, -0.05) is 39.6 Å². The number of nitrogens with zero attached hydrogens (tertiary/aromatic N) is 1. The van der Waals surface area contributed by atoms with E-state index in [4.69, 9.17) is 4.42 Å². The van der Waals surface area contributed by atoms with E-state index in [1.165, 1.54) is 32.8 Å². The molecule has 0 aliphatic carbocycles. The van der Waals surface area contributed by atoms with E-state index in [1.54, 1.807) is 13.0 Å². The number of furan rings is 1. The van der Waals surface area contributed by atoms with Crippen molar-refractivity contribution in [3.8, 4) is 11.3 Å². The number of aromatic nitrogens is 1. The molecule has 0 N–H and O–H groups in total. The topological polar surface area (TPSA) is 17.0 Å². The molecule has 0 amide bonds. The zero-order chi connectivity index (χ0) is 26.1. The van der Waals surface area contributed by atoms with Gasteiger partial charge in [-0.3, -0.25) is 0 Å². The molecule has 0 atom stereocenters. The molecule has 0 aliphatic rings. The van der Waals surface area contributed by atoms with Crippen molar-refractivity contribution in [1.82, 2.24) is 0 Å². The molecule has 3 aromatic carbocycles. The summed E-state index contributed by atoms with van der Waals surface area (Å²) < 4.78 is 23.3. The van der Waals surface area contributed by atoms with Gasteiger partial charge in [0, 0.05) is 33.9 Å². The van der Waals surface area contributed by atoms with E-state index >= 15 is 0 Å². The van der Waals surface area contributed by atoms with Gasteiger partial charge in [0.25, 0.3) is 0 Å². The third-order valence-electron chi connectivity index (χ3n) is 7.70. The number of fused-ring (bicyclic) bond motifs is 4. The SMILES string of the molecule is Cc1cc2c(oc3c(C)c(F)ccc32)c(-c2cc([Si](C)(C)C)c3cc(CC(C)C)ccc3[n+]2C)c1C. The molecule has 2 nitrogen and oxygen atoms in total. The van der Waals surface area contributed by atoms with Crippen molar-refractivity contribution in [3.05, 3.63) is 70.5 Å². The van der Waals surface area contributed by atoms with Crippen molar-refractivity contribution < 1.29 is 13.4 Å². The molecular weight excluding hydrogens is 461 g/mol. The maximum atomic E-state index is 14.4. The molecule has 5 aromatic rings. The van der Waals surface area contributed by atoms with Crippen LogP contribution < -0.4 is 9.75 Å². The number of benzene rings is 3. The van der Waals surface area contributed by atoms with Gasteiger partial charge in [0.2, 0.25) is 11.2 Å². The van der Waals surface area contributed by atoms with E-state index in [0.29, 0.717) is 17.1 Å². The summed E-state index contributed by atoms with van der Waals surface area (Å²) in [6.45, 7) is 18.0. The fourth-order valence-corrected chi connectivity index (χ4v) is 7.19. The van der Waals surface area contributed by atoms with Crippen LogP contribution in [0.25, 0.3) is 44.1 Å². The third-order valence-corrected chi connectivity index (χ3v) is 9.73. The molecule has 2 heterocycles. The summed E-state index contributed by atoms with van der Waals surface area (Å²) >= 11 is 0. The van der Waals surface area contributed by atoms with Crippen molar-refractivity contribution in [2.75, 3.05) is 0 Å². The fourth-order valence-electron chi connectivity index (χ4n) is 5.61. The van der Waals surface area contributed by atoms with E-state index in [1.807, 2.05) is 6.07 Å². The Balaban J connectivity index is 1.91. The highest BCUT2D eigenvalue weighted by molar-refractivity contribution is 6.90. The summed E-state index contributed by atoms with van der Waals surface area (Å²) in [5, 5.41) is 4.85. The summed E-state index contributed by atoms with van der Waals surface area (Å²) in [4.78, 5) is 0. The summed E-state index contributed by atoms with van der Waals surface area (Å²) in [5.41, 5.74) is 9.36. The quantitative estimate of drug-likeness (QED) is 0.181. The van der Waals surface area contributed by atoms with Crippen LogP contribution in [0.4, 0.5) is 4.39 Å². The summed E-state index contributed by atoms with van der Waals surface area (Å²) in [6.07, 6.45) is 1.08. The lowest BCUT2D eigenvalue weighted by Gasteiger charge is -2.21. The van der Waals surface area contributed by atoms with E-state index in [-0.39, 0.29) is 5.82 Å². The van der Waals surface area contributed by atoms with Crippen LogP contribution in [0, 0.1) is 32.5 Å². The monoisotopic (exact) mass is 498 g/mol. The Labute approximate surface area is 214 Å². The Morgan fingerprint density at radius 3 is 2.25 bits per heavy atom. The second-order valence-corrected chi connectivity index (χ2v) is 17.0. The standard InChI is InChI=1S/C32H37FNOSi/c1-18(2)14-22-10-13-27-25(16-22)29(36(7,8)9)17-28(34(27)6)30-20(4)19(3)15-24-23-11-12-26(33)21(5)31(23)35-32(24)30/h10-13,15-18H,14H2,1-9H3/q+1. The van der Waals surface area contributed by atoms with Gasteiger partial charge in [-0.05, 0) is 79.3 Å². The number of rotatable bonds is 4. The minimum absolute atomic E-state index is 0.231. The van der Waals surface area contributed by atoms with Crippen LogP contribution in [0.2, 0.25) is 19.6 Å². The van der Waals surface area contributed by atoms with E-state index in [0.717, 1.165) is 34.0 Å². The van der Waals surface area contributed by atoms with Crippen molar-refractivity contribution in [3.63, 3.8) is 0 Å². The zero-order valence-electron chi connectivity index (χ0n) is 23.1. The molecule has 5 rings (SSSR count). The Hall–Kier alpha value is -2.98. The molecule has 4 heteroatoms. The predicted molar refractivity (Wildman–Crippen MR) is 154 cm³/mol. The second-order valence-electron chi connectivity index (χ2n) is 11.9. The Kier molecular flexibility index (Phi) is 5.87. The Morgan fingerprint density at radius 2 is 1.58 bits per heavy atom. The maximum absolute atomic E-state index is 14.4. The first-order chi connectivity index (χ1) is 16.9. The first-order valence-corrected chi connectivity index (χ1v) is 16.5.